The van der Waals surface area contributed by atoms with Crippen LogP contribution in [0.3, 0.4) is 0 Å². The van der Waals surface area contributed by atoms with E-state index < -0.39 is 4.92 Å². The zero-order valence-corrected chi connectivity index (χ0v) is 14.6. The van der Waals surface area contributed by atoms with Crippen molar-refractivity contribution in [3.05, 3.63) is 45.5 Å². The summed E-state index contributed by atoms with van der Waals surface area (Å²) in [5.41, 5.74) is 0.592. The lowest BCUT2D eigenvalue weighted by Gasteiger charge is -2.37. The third-order valence-corrected chi connectivity index (χ3v) is 5.90. The number of piperazine rings is 1. The second-order valence-electron chi connectivity index (χ2n) is 7.09. The van der Waals surface area contributed by atoms with Crippen LogP contribution in [-0.2, 0) is 4.79 Å². The van der Waals surface area contributed by atoms with E-state index in [9.17, 15) is 14.9 Å². The number of anilines is 1. The normalized spacial score (nSPS) is 27.8. The molecule has 3 atom stereocenters. The van der Waals surface area contributed by atoms with Gasteiger partial charge in [-0.15, -0.1) is 0 Å². The van der Waals surface area contributed by atoms with Gasteiger partial charge in [0.2, 0.25) is 5.91 Å². The Morgan fingerprint density at radius 3 is 2.52 bits per heavy atom. The van der Waals surface area contributed by atoms with E-state index in [0.29, 0.717) is 48.7 Å². The van der Waals surface area contributed by atoms with Gasteiger partial charge in [-0.3, -0.25) is 14.9 Å². The van der Waals surface area contributed by atoms with Crippen LogP contribution >= 0.6 is 11.6 Å². The van der Waals surface area contributed by atoms with E-state index in [1.54, 1.807) is 12.1 Å². The van der Waals surface area contributed by atoms with Crippen molar-refractivity contribution in [3.8, 4) is 0 Å². The number of allylic oxidation sites excluding steroid dienone is 2. The Bertz CT molecular complexity index is 743. The first-order valence-corrected chi connectivity index (χ1v) is 9.06. The molecule has 0 N–H and O–H groups in total. The Morgan fingerprint density at radius 2 is 1.92 bits per heavy atom. The van der Waals surface area contributed by atoms with Crippen LogP contribution in [0.2, 0.25) is 5.02 Å². The van der Waals surface area contributed by atoms with Crippen LogP contribution in [-0.4, -0.2) is 41.9 Å². The van der Waals surface area contributed by atoms with Gasteiger partial charge in [0.05, 0.1) is 4.92 Å². The van der Waals surface area contributed by atoms with Crippen LogP contribution in [0.5, 0.6) is 0 Å². The maximum atomic E-state index is 12.8. The predicted molar refractivity (Wildman–Crippen MR) is 95.7 cm³/mol. The molecule has 1 saturated carbocycles. The van der Waals surface area contributed by atoms with Gasteiger partial charge in [-0.2, -0.15) is 0 Å². The SMILES string of the molecule is O=C(C1CC2C=CC1C2)N1CCN(c2ccc(Cl)cc2[N+](=O)[O-])CC1. The maximum absolute atomic E-state index is 12.8. The Kier molecular flexibility index (Phi) is 4.15. The fraction of sp³-hybridized carbons (Fsp3) is 0.500. The number of amides is 1. The fourth-order valence-corrected chi connectivity index (χ4v) is 4.54. The molecule has 3 aliphatic rings. The van der Waals surface area contributed by atoms with Gasteiger partial charge >= 0.3 is 0 Å². The minimum absolute atomic E-state index is 0.0190. The summed E-state index contributed by atoms with van der Waals surface area (Å²) in [6.45, 7) is 2.42. The number of halogens is 1. The number of rotatable bonds is 3. The van der Waals surface area contributed by atoms with Crippen molar-refractivity contribution in [1.29, 1.82) is 0 Å². The molecule has 1 heterocycles. The third-order valence-electron chi connectivity index (χ3n) is 5.66. The summed E-state index contributed by atoms with van der Waals surface area (Å²) in [6, 6.07) is 4.75. The van der Waals surface area contributed by atoms with Crippen molar-refractivity contribution in [2.45, 2.75) is 12.8 Å². The average Bonchev–Trinajstić information content (AvgIpc) is 3.24. The molecule has 1 saturated heterocycles. The zero-order chi connectivity index (χ0) is 17.6. The van der Waals surface area contributed by atoms with Crippen LogP contribution in [0.15, 0.2) is 30.4 Å². The number of carbonyl (C=O) groups is 1. The molecule has 1 aromatic carbocycles. The van der Waals surface area contributed by atoms with E-state index in [4.69, 9.17) is 11.6 Å². The summed E-state index contributed by atoms with van der Waals surface area (Å²) < 4.78 is 0. The van der Waals surface area contributed by atoms with Gasteiger partial charge in [0.15, 0.2) is 0 Å². The van der Waals surface area contributed by atoms with Crippen molar-refractivity contribution in [3.63, 3.8) is 0 Å². The van der Waals surface area contributed by atoms with Crippen LogP contribution < -0.4 is 4.90 Å². The van der Waals surface area contributed by atoms with Gasteiger partial charge < -0.3 is 9.80 Å². The third kappa shape index (κ3) is 2.99. The summed E-state index contributed by atoms with van der Waals surface area (Å²) in [4.78, 5) is 27.6. The lowest BCUT2D eigenvalue weighted by Crippen LogP contribution is -2.51. The number of nitro benzene ring substituents is 1. The van der Waals surface area contributed by atoms with Crippen LogP contribution in [0, 0.1) is 27.9 Å². The smallest absolute Gasteiger partial charge is 0.294 e. The van der Waals surface area contributed by atoms with E-state index in [0.717, 1.165) is 12.8 Å². The van der Waals surface area contributed by atoms with Crippen molar-refractivity contribution in [1.82, 2.24) is 4.90 Å². The summed E-state index contributed by atoms with van der Waals surface area (Å²) in [7, 11) is 0. The van der Waals surface area contributed by atoms with Crippen molar-refractivity contribution >= 4 is 28.9 Å². The molecule has 1 aliphatic heterocycles. The molecular formula is C18H20ClN3O3. The second-order valence-corrected chi connectivity index (χ2v) is 7.53. The predicted octanol–water partition coefficient (Wildman–Crippen LogP) is 3.11. The Balaban J connectivity index is 1.43. The summed E-state index contributed by atoms with van der Waals surface area (Å²) in [5.74, 6) is 1.37. The monoisotopic (exact) mass is 361 g/mol. The molecule has 0 spiro atoms. The summed E-state index contributed by atoms with van der Waals surface area (Å²) in [6.07, 6.45) is 6.53. The highest BCUT2D eigenvalue weighted by molar-refractivity contribution is 6.30. The number of nitrogens with zero attached hydrogens (tertiary/aromatic N) is 3. The molecule has 0 aromatic heterocycles. The fourth-order valence-electron chi connectivity index (χ4n) is 4.38. The largest absolute Gasteiger partial charge is 0.362 e. The summed E-state index contributed by atoms with van der Waals surface area (Å²) in [5, 5.41) is 11.6. The standard InChI is InChI=1S/C18H20ClN3O3/c19-14-3-4-16(17(11-14)22(24)25)20-5-7-21(8-6-20)18(23)15-10-12-1-2-13(15)9-12/h1-4,11-13,15H,5-10H2. The highest BCUT2D eigenvalue weighted by atomic mass is 35.5. The van der Waals surface area contributed by atoms with Gasteiger partial charge in [-0.1, -0.05) is 23.8 Å². The first-order chi connectivity index (χ1) is 12.0. The molecule has 1 amide bonds. The van der Waals surface area contributed by atoms with E-state index in [1.165, 1.54) is 6.07 Å². The van der Waals surface area contributed by atoms with Crippen molar-refractivity contribution < 1.29 is 9.72 Å². The summed E-state index contributed by atoms with van der Waals surface area (Å²) >= 11 is 5.89. The van der Waals surface area contributed by atoms with Crippen LogP contribution in [0.4, 0.5) is 11.4 Å². The van der Waals surface area contributed by atoms with E-state index in [2.05, 4.69) is 12.2 Å². The first-order valence-electron chi connectivity index (χ1n) is 8.69. The highest BCUT2D eigenvalue weighted by Crippen LogP contribution is 2.44. The quantitative estimate of drug-likeness (QED) is 0.471. The van der Waals surface area contributed by atoms with Gasteiger partial charge in [0.25, 0.3) is 5.69 Å². The molecule has 1 aromatic rings. The number of benzene rings is 1. The van der Waals surface area contributed by atoms with Gasteiger partial charge in [-0.25, -0.2) is 0 Å². The van der Waals surface area contributed by atoms with E-state index in [1.807, 2.05) is 9.80 Å². The average molecular weight is 362 g/mol. The van der Waals surface area contributed by atoms with Crippen molar-refractivity contribution in [2.24, 2.45) is 17.8 Å². The molecule has 132 valence electrons. The Morgan fingerprint density at radius 1 is 1.16 bits per heavy atom. The lowest BCUT2D eigenvalue weighted by atomic mass is 9.92. The topological polar surface area (TPSA) is 66.7 Å². The van der Waals surface area contributed by atoms with Gasteiger partial charge in [0.1, 0.15) is 5.69 Å². The van der Waals surface area contributed by atoms with Crippen molar-refractivity contribution in [2.75, 3.05) is 31.1 Å². The van der Waals surface area contributed by atoms with Crippen LogP contribution in [0.1, 0.15) is 12.8 Å². The van der Waals surface area contributed by atoms with Crippen LogP contribution in [0.25, 0.3) is 0 Å². The molecule has 2 bridgehead atoms. The zero-order valence-electron chi connectivity index (χ0n) is 13.8. The molecule has 2 fully saturated rings. The number of hydrogen-bond acceptors (Lipinski definition) is 4. The molecule has 2 aliphatic carbocycles. The molecule has 6 nitrogen and oxygen atoms in total. The number of fused-ring (bicyclic) bond motifs is 2. The van der Waals surface area contributed by atoms with E-state index in [-0.39, 0.29) is 17.5 Å². The lowest BCUT2D eigenvalue weighted by molar-refractivity contribution is -0.384. The maximum Gasteiger partial charge on any atom is 0.294 e. The molecular weight excluding hydrogens is 342 g/mol. The highest BCUT2D eigenvalue weighted by Gasteiger charge is 2.42. The first kappa shape index (κ1) is 16.4. The minimum atomic E-state index is -0.402. The molecule has 25 heavy (non-hydrogen) atoms. The van der Waals surface area contributed by atoms with Gasteiger partial charge in [0, 0.05) is 43.2 Å². The van der Waals surface area contributed by atoms with E-state index >= 15 is 0 Å². The molecule has 7 heteroatoms. The number of hydrogen-bond donors (Lipinski definition) is 0. The molecule has 0 radical (unpaired) electrons. The molecule has 3 unspecified atom stereocenters. The number of nitro groups is 1. The Hall–Kier alpha value is -2.08. The second kappa shape index (κ2) is 6.33. The Labute approximate surface area is 151 Å². The van der Waals surface area contributed by atoms with Gasteiger partial charge in [-0.05, 0) is 36.8 Å². The molecule has 4 rings (SSSR count). The number of carbonyl (C=O) groups excluding carboxylic acids is 1. The minimum Gasteiger partial charge on any atom is -0.362 e.